The maximum absolute atomic E-state index is 11.6. The normalized spacial score (nSPS) is 9.84. The molecular formula is C13H19N3O3. The highest BCUT2D eigenvalue weighted by molar-refractivity contribution is 5.83. The second-order valence-corrected chi connectivity index (χ2v) is 3.96. The van der Waals surface area contributed by atoms with Gasteiger partial charge in [0.1, 0.15) is 12.3 Å². The summed E-state index contributed by atoms with van der Waals surface area (Å²) < 4.78 is 5.08. The molecule has 2 amide bonds. The fourth-order valence-electron chi connectivity index (χ4n) is 1.76. The number of hydrogen-bond acceptors (Lipinski definition) is 4. The Labute approximate surface area is 112 Å². The zero-order valence-electron chi connectivity index (χ0n) is 11.4. The summed E-state index contributed by atoms with van der Waals surface area (Å²) in [6, 6.07) is 7.22. The van der Waals surface area contributed by atoms with E-state index in [1.807, 2.05) is 19.1 Å². The smallest absolute Gasteiger partial charge is 0.239 e. The number of hydrogen-bond donors (Lipinski definition) is 1. The van der Waals surface area contributed by atoms with Gasteiger partial charge in [0.25, 0.3) is 0 Å². The van der Waals surface area contributed by atoms with Crippen molar-refractivity contribution >= 4 is 17.5 Å². The van der Waals surface area contributed by atoms with E-state index in [2.05, 4.69) is 0 Å². The lowest BCUT2D eigenvalue weighted by molar-refractivity contribution is -0.134. The summed E-state index contributed by atoms with van der Waals surface area (Å²) >= 11 is 0. The molecule has 0 aliphatic heterocycles. The molecule has 19 heavy (non-hydrogen) atoms. The first-order valence-electron chi connectivity index (χ1n) is 5.97. The van der Waals surface area contributed by atoms with E-state index in [4.69, 9.17) is 10.5 Å². The maximum Gasteiger partial charge on any atom is 0.239 e. The van der Waals surface area contributed by atoms with Crippen LogP contribution >= 0.6 is 0 Å². The van der Waals surface area contributed by atoms with Gasteiger partial charge in [0, 0.05) is 13.5 Å². The van der Waals surface area contributed by atoms with Crippen molar-refractivity contribution in [1.29, 1.82) is 0 Å². The number of nitrogens with zero attached hydrogens (tertiary/aromatic N) is 2. The van der Waals surface area contributed by atoms with E-state index in [1.54, 1.807) is 24.3 Å². The van der Waals surface area contributed by atoms with Gasteiger partial charge in [-0.3, -0.25) is 14.6 Å². The molecule has 0 heterocycles. The Kier molecular flexibility index (Phi) is 5.17. The average molecular weight is 265 g/mol. The number of primary amides is 1. The van der Waals surface area contributed by atoms with E-state index < -0.39 is 5.91 Å². The van der Waals surface area contributed by atoms with Crippen LogP contribution in [0.15, 0.2) is 24.3 Å². The number of ether oxygens (including phenoxy) is 1. The predicted octanol–water partition coefficient (Wildman–Crippen LogP) is 0.770. The SMILES string of the molecule is CCN(c1ccc(OC)cc1)N(CC(N)=O)C(C)=O. The van der Waals surface area contributed by atoms with E-state index in [9.17, 15) is 9.59 Å². The average Bonchev–Trinajstić information content (AvgIpc) is 2.38. The second kappa shape index (κ2) is 6.63. The highest BCUT2D eigenvalue weighted by atomic mass is 16.5. The molecule has 6 nitrogen and oxygen atoms in total. The molecule has 6 heteroatoms. The van der Waals surface area contributed by atoms with E-state index in [-0.39, 0.29) is 12.5 Å². The van der Waals surface area contributed by atoms with Crippen molar-refractivity contribution < 1.29 is 14.3 Å². The highest BCUT2D eigenvalue weighted by Crippen LogP contribution is 2.20. The van der Waals surface area contributed by atoms with Crippen LogP contribution in [0.4, 0.5) is 5.69 Å². The van der Waals surface area contributed by atoms with Gasteiger partial charge < -0.3 is 10.5 Å². The Morgan fingerprint density at radius 1 is 1.26 bits per heavy atom. The van der Waals surface area contributed by atoms with Gasteiger partial charge in [-0.15, -0.1) is 0 Å². The van der Waals surface area contributed by atoms with Crippen molar-refractivity contribution in [2.75, 3.05) is 25.2 Å². The summed E-state index contributed by atoms with van der Waals surface area (Å²) in [5.41, 5.74) is 5.96. The number of amides is 2. The molecular weight excluding hydrogens is 246 g/mol. The lowest BCUT2D eigenvalue weighted by Gasteiger charge is -2.34. The fraction of sp³-hybridized carbons (Fsp3) is 0.385. The van der Waals surface area contributed by atoms with Gasteiger partial charge in [0.15, 0.2) is 0 Å². The van der Waals surface area contributed by atoms with E-state index >= 15 is 0 Å². The quantitative estimate of drug-likeness (QED) is 0.771. The third-order valence-corrected chi connectivity index (χ3v) is 2.63. The number of hydrazine groups is 1. The Balaban J connectivity index is 3.00. The molecule has 0 fully saturated rings. The summed E-state index contributed by atoms with van der Waals surface area (Å²) in [5, 5.41) is 3.02. The highest BCUT2D eigenvalue weighted by Gasteiger charge is 2.19. The number of methoxy groups -OCH3 is 1. The molecule has 0 aromatic heterocycles. The number of benzene rings is 1. The van der Waals surface area contributed by atoms with Crippen molar-refractivity contribution in [3.8, 4) is 5.75 Å². The second-order valence-electron chi connectivity index (χ2n) is 3.96. The Morgan fingerprint density at radius 2 is 1.84 bits per heavy atom. The van der Waals surface area contributed by atoms with Crippen LogP contribution in [0.25, 0.3) is 0 Å². The predicted molar refractivity (Wildman–Crippen MR) is 72.6 cm³/mol. The first-order chi connectivity index (χ1) is 8.99. The molecule has 0 bridgehead atoms. The van der Waals surface area contributed by atoms with Crippen molar-refractivity contribution in [2.45, 2.75) is 13.8 Å². The van der Waals surface area contributed by atoms with Gasteiger partial charge in [-0.1, -0.05) is 0 Å². The van der Waals surface area contributed by atoms with Crippen molar-refractivity contribution in [1.82, 2.24) is 5.01 Å². The van der Waals surface area contributed by atoms with E-state index in [0.717, 1.165) is 11.4 Å². The van der Waals surface area contributed by atoms with Crippen LogP contribution in [-0.4, -0.2) is 37.0 Å². The molecule has 0 atom stereocenters. The molecule has 0 aliphatic rings. The Morgan fingerprint density at radius 3 is 2.21 bits per heavy atom. The molecule has 0 spiro atoms. The van der Waals surface area contributed by atoms with Gasteiger partial charge in [0.2, 0.25) is 11.8 Å². The Bertz CT molecular complexity index is 445. The summed E-state index contributed by atoms with van der Waals surface area (Å²) in [5.74, 6) is -0.0669. The molecule has 0 saturated carbocycles. The Hall–Kier alpha value is -2.24. The summed E-state index contributed by atoms with van der Waals surface area (Å²) in [4.78, 5) is 22.7. The first-order valence-corrected chi connectivity index (χ1v) is 5.97. The standard InChI is InChI=1S/C13H19N3O3/c1-4-15(16(10(2)17)9-13(14)18)11-5-7-12(19-3)8-6-11/h5-8H,4,9H2,1-3H3,(H2,14,18). The summed E-state index contributed by atoms with van der Waals surface area (Å²) in [6.45, 7) is 3.69. The van der Waals surface area contributed by atoms with Gasteiger partial charge >= 0.3 is 0 Å². The third-order valence-electron chi connectivity index (χ3n) is 2.63. The topological polar surface area (TPSA) is 75.9 Å². The number of carbonyl (C=O) groups is 2. The van der Waals surface area contributed by atoms with Crippen LogP contribution in [0.3, 0.4) is 0 Å². The van der Waals surface area contributed by atoms with Crippen LogP contribution in [0, 0.1) is 0 Å². The molecule has 0 aliphatic carbocycles. The lowest BCUT2D eigenvalue weighted by Crippen LogP contribution is -2.49. The van der Waals surface area contributed by atoms with Gasteiger partial charge in [-0.05, 0) is 31.2 Å². The summed E-state index contributed by atoms with van der Waals surface area (Å²) in [7, 11) is 1.58. The van der Waals surface area contributed by atoms with Gasteiger partial charge in [-0.25, -0.2) is 5.01 Å². The number of nitrogens with two attached hydrogens (primary N) is 1. The minimum absolute atomic E-state index is 0.144. The van der Waals surface area contributed by atoms with Crippen LogP contribution in [-0.2, 0) is 9.59 Å². The van der Waals surface area contributed by atoms with Crippen LogP contribution in [0.1, 0.15) is 13.8 Å². The molecule has 1 aromatic carbocycles. The van der Waals surface area contributed by atoms with Gasteiger partial charge in [-0.2, -0.15) is 0 Å². The van der Waals surface area contributed by atoms with Gasteiger partial charge in [0.05, 0.1) is 12.8 Å². The zero-order valence-corrected chi connectivity index (χ0v) is 11.4. The molecule has 1 aromatic rings. The van der Waals surface area contributed by atoms with E-state index in [1.165, 1.54) is 11.9 Å². The molecule has 0 saturated heterocycles. The van der Waals surface area contributed by atoms with E-state index in [0.29, 0.717) is 6.54 Å². The maximum atomic E-state index is 11.6. The van der Waals surface area contributed by atoms with Crippen molar-refractivity contribution in [2.24, 2.45) is 5.73 Å². The van der Waals surface area contributed by atoms with Crippen LogP contribution < -0.4 is 15.5 Å². The third kappa shape index (κ3) is 3.87. The molecule has 0 unspecified atom stereocenters. The minimum Gasteiger partial charge on any atom is -0.497 e. The lowest BCUT2D eigenvalue weighted by atomic mass is 10.3. The molecule has 104 valence electrons. The van der Waals surface area contributed by atoms with Crippen LogP contribution in [0.2, 0.25) is 0 Å². The van der Waals surface area contributed by atoms with Crippen molar-refractivity contribution in [3.63, 3.8) is 0 Å². The van der Waals surface area contributed by atoms with Crippen molar-refractivity contribution in [3.05, 3.63) is 24.3 Å². The van der Waals surface area contributed by atoms with Crippen LogP contribution in [0.5, 0.6) is 5.75 Å². The first kappa shape index (κ1) is 14.8. The zero-order chi connectivity index (χ0) is 14.4. The molecule has 2 N–H and O–H groups in total. The largest absolute Gasteiger partial charge is 0.497 e. The number of carbonyl (C=O) groups excluding carboxylic acids is 2. The summed E-state index contributed by atoms with van der Waals surface area (Å²) in [6.07, 6.45) is 0. The monoisotopic (exact) mass is 265 g/mol. The minimum atomic E-state index is -0.554. The molecule has 1 rings (SSSR count). The molecule has 0 radical (unpaired) electrons. The number of rotatable bonds is 6. The fourth-order valence-corrected chi connectivity index (χ4v) is 1.76. The number of anilines is 1.